The highest BCUT2D eigenvalue weighted by Crippen LogP contribution is 2.40. The largest absolute Gasteiger partial charge is 0.478 e. The molecule has 2 aromatic heterocycles. The van der Waals surface area contributed by atoms with E-state index in [1.54, 1.807) is 18.2 Å². The van der Waals surface area contributed by atoms with Gasteiger partial charge in [0.05, 0.1) is 48.1 Å². The molecule has 1 atom stereocenters. The number of imidazole rings is 1. The Morgan fingerprint density at radius 3 is 2.56 bits per heavy atom. The first-order valence-corrected chi connectivity index (χ1v) is 14.1. The van der Waals surface area contributed by atoms with Gasteiger partial charge in [-0.2, -0.15) is 0 Å². The normalized spacial score (nSPS) is 15.7. The second-order valence-corrected chi connectivity index (χ2v) is 11.6. The van der Waals surface area contributed by atoms with Crippen LogP contribution in [-0.4, -0.2) is 38.8 Å². The van der Waals surface area contributed by atoms with E-state index in [0.29, 0.717) is 30.1 Å². The van der Waals surface area contributed by atoms with Crippen molar-refractivity contribution in [2.75, 3.05) is 13.2 Å². The first-order chi connectivity index (χ1) is 21.5. The highest BCUT2D eigenvalue weighted by atomic mass is 19.1. The predicted molar refractivity (Wildman–Crippen MR) is 160 cm³/mol. The van der Waals surface area contributed by atoms with Gasteiger partial charge in [-0.15, -0.1) is 0 Å². The van der Waals surface area contributed by atoms with Gasteiger partial charge in [-0.05, 0) is 48.0 Å². The van der Waals surface area contributed by atoms with E-state index in [0.717, 1.165) is 18.2 Å². The number of carboxylic acid groups (broad SMARTS) is 1. The van der Waals surface area contributed by atoms with Gasteiger partial charge < -0.3 is 19.1 Å². The van der Waals surface area contributed by atoms with Crippen molar-refractivity contribution in [2.45, 2.75) is 32.9 Å². The third-order valence-corrected chi connectivity index (χ3v) is 8.00. The van der Waals surface area contributed by atoms with Gasteiger partial charge in [-0.1, -0.05) is 32.0 Å². The van der Waals surface area contributed by atoms with E-state index in [9.17, 15) is 14.3 Å². The van der Waals surface area contributed by atoms with Crippen LogP contribution in [0, 0.1) is 29.4 Å². The first-order valence-electron chi connectivity index (χ1n) is 14.1. The molecule has 1 saturated heterocycles. The summed E-state index contributed by atoms with van der Waals surface area (Å²) in [7, 11) is 0. The van der Waals surface area contributed by atoms with Gasteiger partial charge in [0.1, 0.15) is 29.9 Å². The lowest BCUT2D eigenvalue weighted by Gasteiger charge is -2.28. The van der Waals surface area contributed by atoms with Crippen molar-refractivity contribution in [3.8, 4) is 17.1 Å². The van der Waals surface area contributed by atoms with Gasteiger partial charge >= 0.3 is 5.97 Å². The van der Waals surface area contributed by atoms with Gasteiger partial charge in [0.15, 0.2) is 5.69 Å². The SMILES string of the molecule is [C-]#[N+]c1ccc(COc2cccc(-c3cc(F)c(Cc4nc5ccc(C(=O)O)cc5n4C4COCC4(C)C)cc3F)n2)c(F)c1. The van der Waals surface area contributed by atoms with E-state index < -0.39 is 23.4 Å². The standard InChI is InChI=1S/C34H27F3N4O4/c1-34(2)18-44-17-30(34)41-29-12-19(33(42)43)8-10-28(29)39-31(41)13-21-11-26(37)23(15-25(21)36)27-5-4-6-32(40-27)45-16-20-7-9-22(38-3)14-24(20)35/h4-12,14-15,30H,13,16-18H2,1-2H3,(H,42,43). The molecule has 0 radical (unpaired) electrons. The van der Waals surface area contributed by atoms with E-state index in [4.69, 9.17) is 21.0 Å². The van der Waals surface area contributed by atoms with Crippen LogP contribution in [0.2, 0.25) is 0 Å². The molecule has 1 aliphatic rings. The molecular weight excluding hydrogens is 585 g/mol. The van der Waals surface area contributed by atoms with Crippen LogP contribution in [0.1, 0.15) is 47.2 Å². The van der Waals surface area contributed by atoms with Crippen LogP contribution in [0.4, 0.5) is 18.9 Å². The molecule has 1 fully saturated rings. The minimum atomic E-state index is -1.08. The maximum Gasteiger partial charge on any atom is 0.335 e. The van der Waals surface area contributed by atoms with Crippen molar-refractivity contribution >= 4 is 22.7 Å². The van der Waals surface area contributed by atoms with Gasteiger partial charge in [0.2, 0.25) is 5.88 Å². The molecule has 0 saturated carbocycles. The van der Waals surface area contributed by atoms with E-state index in [2.05, 4.69) is 9.83 Å². The molecular formula is C34H27F3N4O4. The van der Waals surface area contributed by atoms with Crippen molar-refractivity contribution in [1.29, 1.82) is 0 Å². The van der Waals surface area contributed by atoms with Gasteiger partial charge in [0.25, 0.3) is 0 Å². The van der Waals surface area contributed by atoms with Crippen LogP contribution < -0.4 is 4.74 Å². The summed E-state index contributed by atoms with van der Waals surface area (Å²) in [6, 6.07) is 15.2. The van der Waals surface area contributed by atoms with Crippen molar-refractivity contribution < 1.29 is 32.5 Å². The summed E-state index contributed by atoms with van der Waals surface area (Å²) in [5.74, 6) is -2.52. The lowest BCUT2D eigenvalue weighted by Crippen LogP contribution is -2.27. The Kier molecular flexibility index (Phi) is 7.76. The number of rotatable bonds is 8. The maximum absolute atomic E-state index is 15.6. The Morgan fingerprint density at radius 1 is 1.04 bits per heavy atom. The van der Waals surface area contributed by atoms with Crippen LogP contribution in [0.3, 0.4) is 0 Å². The van der Waals surface area contributed by atoms with Gasteiger partial charge in [-0.3, -0.25) is 0 Å². The number of benzene rings is 3. The molecule has 45 heavy (non-hydrogen) atoms. The van der Waals surface area contributed by atoms with Gasteiger partial charge in [0, 0.05) is 29.0 Å². The molecule has 0 amide bonds. The number of aromatic nitrogens is 3. The number of carbonyl (C=O) groups is 1. The Morgan fingerprint density at radius 2 is 1.84 bits per heavy atom. The van der Waals surface area contributed by atoms with E-state index in [1.807, 2.05) is 18.4 Å². The summed E-state index contributed by atoms with van der Waals surface area (Å²) in [6.45, 7) is 11.7. The topological polar surface area (TPSA) is 90.8 Å². The summed E-state index contributed by atoms with van der Waals surface area (Å²) in [4.78, 5) is 23.9. The van der Waals surface area contributed by atoms with Crippen molar-refractivity contribution in [3.63, 3.8) is 0 Å². The molecule has 1 N–H and O–H groups in total. The average molecular weight is 613 g/mol. The molecule has 3 heterocycles. The molecule has 0 spiro atoms. The first kappa shape index (κ1) is 29.8. The number of ether oxygens (including phenoxy) is 2. The summed E-state index contributed by atoms with van der Waals surface area (Å²) < 4.78 is 58.7. The number of halogens is 3. The smallest absolute Gasteiger partial charge is 0.335 e. The Bertz CT molecular complexity index is 2000. The zero-order valence-electron chi connectivity index (χ0n) is 24.4. The van der Waals surface area contributed by atoms with Gasteiger partial charge in [-0.25, -0.2) is 32.8 Å². The van der Waals surface area contributed by atoms with Crippen LogP contribution in [0.25, 0.3) is 27.1 Å². The van der Waals surface area contributed by atoms with Crippen LogP contribution in [-0.2, 0) is 17.8 Å². The molecule has 3 aromatic carbocycles. The second kappa shape index (κ2) is 11.7. The highest BCUT2D eigenvalue weighted by molar-refractivity contribution is 5.92. The van der Waals surface area contributed by atoms with Crippen molar-refractivity contribution in [3.05, 3.63) is 118 Å². The fourth-order valence-electron chi connectivity index (χ4n) is 5.54. The van der Waals surface area contributed by atoms with E-state index in [-0.39, 0.29) is 64.0 Å². The van der Waals surface area contributed by atoms with Crippen molar-refractivity contribution in [1.82, 2.24) is 14.5 Å². The lowest BCUT2D eigenvalue weighted by atomic mass is 9.87. The average Bonchev–Trinajstić information content (AvgIpc) is 3.55. The molecule has 0 bridgehead atoms. The quantitative estimate of drug-likeness (QED) is 0.182. The third kappa shape index (κ3) is 5.84. The number of nitrogens with zero attached hydrogens (tertiary/aromatic N) is 4. The summed E-state index contributed by atoms with van der Waals surface area (Å²) in [5.41, 5.74) is 1.38. The Balaban J connectivity index is 1.30. The molecule has 11 heteroatoms. The second-order valence-electron chi connectivity index (χ2n) is 11.6. The molecule has 228 valence electrons. The fraction of sp³-hybridized carbons (Fsp3) is 0.235. The number of fused-ring (bicyclic) bond motifs is 1. The number of aromatic carboxylic acids is 1. The summed E-state index contributed by atoms with van der Waals surface area (Å²) >= 11 is 0. The van der Waals surface area contributed by atoms with Crippen molar-refractivity contribution in [2.24, 2.45) is 5.41 Å². The summed E-state index contributed by atoms with van der Waals surface area (Å²) in [6.07, 6.45) is -0.0544. The molecule has 6 rings (SSSR count). The predicted octanol–water partition coefficient (Wildman–Crippen LogP) is 7.53. The zero-order chi connectivity index (χ0) is 31.9. The minimum Gasteiger partial charge on any atom is -0.478 e. The molecule has 1 aliphatic heterocycles. The lowest BCUT2D eigenvalue weighted by molar-refractivity contribution is 0.0697. The third-order valence-electron chi connectivity index (χ3n) is 8.00. The van der Waals surface area contributed by atoms with Crippen LogP contribution in [0.15, 0.2) is 66.7 Å². The number of carboxylic acids is 1. The Labute approximate surface area is 256 Å². The molecule has 8 nitrogen and oxygen atoms in total. The number of hydrogen-bond donors (Lipinski definition) is 1. The highest BCUT2D eigenvalue weighted by Gasteiger charge is 2.39. The maximum atomic E-state index is 15.6. The molecule has 5 aromatic rings. The summed E-state index contributed by atoms with van der Waals surface area (Å²) in [5, 5.41) is 9.58. The van der Waals surface area contributed by atoms with E-state index >= 15 is 8.78 Å². The Hall–Kier alpha value is -5.21. The van der Waals surface area contributed by atoms with E-state index in [1.165, 1.54) is 30.3 Å². The van der Waals surface area contributed by atoms with Crippen LogP contribution >= 0.6 is 0 Å². The number of pyridine rings is 1. The fourth-order valence-corrected chi connectivity index (χ4v) is 5.54. The zero-order valence-corrected chi connectivity index (χ0v) is 24.4. The molecule has 0 aliphatic carbocycles. The minimum absolute atomic E-state index is 0.0544. The molecule has 1 unspecified atom stereocenters. The monoisotopic (exact) mass is 612 g/mol. The number of hydrogen-bond acceptors (Lipinski definition) is 5. The van der Waals surface area contributed by atoms with Crippen LogP contribution in [0.5, 0.6) is 5.88 Å².